The van der Waals surface area contributed by atoms with Crippen LogP contribution in [0.4, 0.5) is 0 Å². The Morgan fingerprint density at radius 1 is 1.21 bits per heavy atom. The molecule has 2 aliphatic heterocycles. The van der Waals surface area contributed by atoms with Crippen LogP contribution >= 0.6 is 12.4 Å². The number of carbonyl (C=O) groups is 1. The number of rotatable bonds is 1. The number of halogens is 1. The molecule has 2 fully saturated rings. The fourth-order valence-corrected chi connectivity index (χ4v) is 4.98. The van der Waals surface area contributed by atoms with Crippen molar-refractivity contribution in [2.75, 3.05) is 19.6 Å². The van der Waals surface area contributed by atoms with Crippen LogP contribution in [0, 0.1) is 23.7 Å². The molecule has 0 aromatic carbocycles. The molecule has 1 saturated heterocycles. The average molecular weight is 414 g/mol. The van der Waals surface area contributed by atoms with E-state index in [1.165, 1.54) is 0 Å². The lowest BCUT2D eigenvalue weighted by atomic mass is 9.65. The topological polar surface area (TPSA) is 98.8 Å². The van der Waals surface area contributed by atoms with Crippen molar-refractivity contribution in [1.82, 2.24) is 15.2 Å². The van der Waals surface area contributed by atoms with Crippen molar-refractivity contribution in [3.05, 3.63) is 17.3 Å². The molecule has 158 valence electrons. The van der Waals surface area contributed by atoms with Gasteiger partial charge in [-0.05, 0) is 18.4 Å². The lowest BCUT2D eigenvalue weighted by molar-refractivity contribution is -0.156. The third-order valence-corrected chi connectivity index (χ3v) is 6.63. The number of hydrogen-bond acceptors (Lipinski definition) is 6. The monoisotopic (exact) mass is 413 g/mol. The van der Waals surface area contributed by atoms with Gasteiger partial charge in [0.2, 0.25) is 5.91 Å². The number of amides is 1. The predicted octanol–water partition coefficient (Wildman–Crippen LogP) is 1.10. The number of nitrogens with one attached hydrogen (secondary N) is 1. The molecule has 6 atom stereocenters. The molecule has 3 heterocycles. The smallest absolute Gasteiger partial charge is 0.226 e. The van der Waals surface area contributed by atoms with Crippen molar-refractivity contribution in [2.24, 2.45) is 23.7 Å². The van der Waals surface area contributed by atoms with Gasteiger partial charge in [-0.3, -0.25) is 4.79 Å². The highest BCUT2D eigenvalue weighted by Gasteiger charge is 2.53. The molecule has 7 nitrogen and oxygen atoms in total. The van der Waals surface area contributed by atoms with Gasteiger partial charge in [-0.15, -0.1) is 12.4 Å². The molecule has 28 heavy (non-hydrogen) atoms. The zero-order valence-electron chi connectivity index (χ0n) is 17.0. The van der Waals surface area contributed by atoms with Crippen LogP contribution in [0.25, 0.3) is 0 Å². The average Bonchev–Trinajstić information content (AvgIpc) is 3.25. The normalized spacial score (nSPS) is 35.1. The second-order valence-electron chi connectivity index (χ2n) is 9.50. The van der Waals surface area contributed by atoms with Gasteiger partial charge in [0.15, 0.2) is 5.89 Å². The molecule has 3 N–H and O–H groups in total. The van der Waals surface area contributed by atoms with Crippen molar-refractivity contribution in [1.29, 1.82) is 0 Å². The van der Waals surface area contributed by atoms with Crippen LogP contribution in [0.15, 0.2) is 4.42 Å². The molecule has 3 aliphatic rings. The summed E-state index contributed by atoms with van der Waals surface area (Å²) in [5.74, 6) is 1.12. The van der Waals surface area contributed by atoms with Gasteiger partial charge in [0.25, 0.3) is 0 Å². The molecule has 1 aromatic rings. The van der Waals surface area contributed by atoms with E-state index in [9.17, 15) is 15.0 Å². The number of aliphatic hydroxyl groups is 2. The summed E-state index contributed by atoms with van der Waals surface area (Å²) in [4.78, 5) is 19.9. The van der Waals surface area contributed by atoms with E-state index in [1.54, 1.807) is 0 Å². The molecular weight excluding hydrogens is 382 g/mol. The van der Waals surface area contributed by atoms with E-state index in [-0.39, 0.29) is 47.4 Å². The third-order valence-electron chi connectivity index (χ3n) is 6.63. The summed E-state index contributed by atoms with van der Waals surface area (Å²) >= 11 is 0. The lowest BCUT2D eigenvalue weighted by Gasteiger charge is -2.45. The SMILES string of the molecule is C[C@H]1[C@H](O)[C@@H](O)[C@H]2CNC[C@@H]2[C@H]1C(=O)N1CCc2oc(C(C)(C)C)nc2C1.Cl. The summed E-state index contributed by atoms with van der Waals surface area (Å²) in [7, 11) is 0. The first kappa shape index (κ1) is 21.6. The molecule has 0 spiro atoms. The first-order valence-corrected chi connectivity index (χ1v) is 10.0. The van der Waals surface area contributed by atoms with Crippen LogP contribution in [0.1, 0.15) is 45.0 Å². The van der Waals surface area contributed by atoms with Gasteiger partial charge < -0.3 is 24.8 Å². The summed E-state index contributed by atoms with van der Waals surface area (Å²) in [5.41, 5.74) is 0.692. The molecule has 1 saturated carbocycles. The standard InChI is InChI=1S/C20H31N3O4.ClH/c1-10-15(11-7-21-8-12(11)17(25)16(10)24)18(26)23-6-5-14-13(9-23)22-19(27-14)20(2,3)4;/h10-12,15-17,21,24-25H,5-9H2,1-4H3;1H/t10-,11+,12+,15+,16+,17+;/m1./s1. The van der Waals surface area contributed by atoms with Gasteiger partial charge in [-0.2, -0.15) is 0 Å². The molecular formula is C20H32ClN3O4. The Morgan fingerprint density at radius 3 is 2.57 bits per heavy atom. The number of oxazole rings is 1. The summed E-state index contributed by atoms with van der Waals surface area (Å²) in [6.45, 7) is 10.5. The Balaban J connectivity index is 0.00000225. The molecule has 0 radical (unpaired) electrons. The number of aromatic nitrogens is 1. The van der Waals surface area contributed by atoms with Crippen LogP contribution in [0.3, 0.4) is 0 Å². The molecule has 4 rings (SSSR count). The van der Waals surface area contributed by atoms with Crippen molar-refractivity contribution in [3.8, 4) is 0 Å². The van der Waals surface area contributed by atoms with Crippen molar-refractivity contribution in [3.63, 3.8) is 0 Å². The predicted molar refractivity (Wildman–Crippen MR) is 106 cm³/mol. The van der Waals surface area contributed by atoms with E-state index in [2.05, 4.69) is 31.1 Å². The summed E-state index contributed by atoms with van der Waals surface area (Å²) in [6.07, 6.45) is -0.954. The number of hydrogen-bond donors (Lipinski definition) is 3. The first-order chi connectivity index (χ1) is 12.7. The van der Waals surface area contributed by atoms with E-state index >= 15 is 0 Å². The Labute approximate surface area is 172 Å². The largest absolute Gasteiger partial charge is 0.445 e. The van der Waals surface area contributed by atoms with E-state index < -0.39 is 12.2 Å². The number of nitrogens with zero attached hydrogens (tertiary/aromatic N) is 2. The highest BCUT2D eigenvalue weighted by molar-refractivity contribution is 5.85. The Morgan fingerprint density at radius 2 is 1.89 bits per heavy atom. The van der Waals surface area contributed by atoms with Crippen LogP contribution in [-0.2, 0) is 23.2 Å². The maximum Gasteiger partial charge on any atom is 0.226 e. The maximum atomic E-state index is 13.4. The van der Waals surface area contributed by atoms with E-state index in [0.29, 0.717) is 38.5 Å². The summed E-state index contributed by atoms with van der Waals surface area (Å²) in [6, 6.07) is 0. The minimum Gasteiger partial charge on any atom is -0.445 e. The van der Waals surface area contributed by atoms with Crippen LogP contribution in [-0.4, -0.2) is 57.8 Å². The molecule has 0 bridgehead atoms. The van der Waals surface area contributed by atoms with E-state index in [4.69, 9.17) is 4.42 Å². The Bertz CT molecular complexity index is 732. The lowest BCUT2D eigenvalue weighted by Crippen LogP contribution is -2.56. The Kier molecular flexibility index (Phi) is 5.85. The fraction of sp³-hybridized carbons (Fsp3) is 0.800. The van der Waals surface area contributed by atoms with Crippen LogP contribution < -0.4 is 5.32 Å². The van der Waals surface area contributed by atoms with Gasteiger partial charge in [0.05, 0.1) is 18.8 Å². The first-order valence-electron chi connectivity index (χ1n) is 10.0. The summed E-state index contributed by atoms with van der Waals surface area (Å²) < 4.78 is 5.93. The molecule has 1 amide bonds. The number of aliphatic hydroxyl groups excluding tert-OH is 2. The van der Waals surface area contributed by atoms with Gasteiger partial charge in [-0.1, -0.05) is 27.7 Å². The van der Waals surface area contributed by atoms with Gasteiger partial charge >= 0.3 is 0 Å². The van der Waals surface area contributed by atoms with Crippen LogP contribution in [0.2, 0.25) is 0 Å². The quantitative estimate of drug-likeness (QED) is 0.637. The third kappa shape index (κ3) is 3.47. The molecule has 8 heteroatoms. The fourth-order valence-electron chi connectivity index (χ4n) is 4.98. The van der Waals surface area contributed by atoms with Crippen molar-refractivity contribution >= 4 is 18.3 Å². The van der Waals surface area contributed by atoms with E-state index in [1.807, 2.05) is 11.8 Å². The number of fused-ring (bicyclic) bond motifs is 2. The van der Waals surface area contributed by atoms with Crippen molar-refractivity contribution < 1.29 is 19.4 Å². The minimum absolute atomic E-state index is 0. The number of carbonyl (C=O) groups excluding carboxylic acids is 1. The minimum atomic E-state index is -0.861. The molecule has 1 aromatic heterocycles. The highest BCUT2D eigenvalue weighted by Crippen LogP contribution is 2.42. The summed E-state index contributed by atoms with van der Waals surface area (Å²) in [5, 5.41) is 24.2. The second kappa shape index (κ2) is 7.59. The van der Waals surface area contributed by atoms with Gasteiger partial charge in [0.1, 0.15) is 11.5 Å². The molecule has 0 unspecified atom stereocenters. The maximum absolute atomic E-state index is 13.4. The highest BCUT2D eigenvalue weighted by atomic mass is 35.5. The Hall–Kier alpha value is -1.15. The van der Waals surface area contributed by atoms with Gasteiger partial charge in [-0.25, -0.2) is 4.98 Å². The van der Waals surface area contributed by atoms with E-state index in [0.717, 1.165) is 11.5 Å². The zero-order chi connectivity index (χ0) is 19.5. The second-order valence-corrected chi connectivity index (χ2v) is 9.50. The van der Waals surface area contributed by atoms with Gasteiger partial charge in [0, 0.05) is 36.8 Å². The van der Waals surface area contributed by atoms with Crippen molar-refractivity contribution in [2.45, 2.75) is 58.3 Å². The molecule has 1 aliphatic carbocycles. The zero-order valence-corrected chi connectivity index (χ0v) is 17.8. The van der Waals surface area contributed by atoms with Crippen LogP contribution in [0.5, 0.6) is 0 Å².